The van der Waals surface area contributed by atoms with Crippen LogP contribution in [0.25, 0.3) is 0 Å². The maximum atomic E-state index is 5.69. The van der Waals surface area contributed by atoms with Crippen molar-refractivity contribution in [3.63, 3.8) is 0 Å². The van der Waals surface area contributed by atoms with Gasteiger partial charge in [-0.15, -0.1) is 0 Å². The molecule has 2 N–H and O–H groups in total. The van der Waals surface area contributed by atoms with Gasteiger partial charge in [-0.05, 0) is 44.2 Å². The number of likely N-dealkylation sites (tertiary alicyclic amines) is 1. The van der Waals surface area contributed by atoms with Gasteiger partial charge in [0.25, 0.3) is 0 Å². The molecular weight excluding hydrogens is 240 g/mol. The molecule has 4 heteroatoms. The molecule has 4 nitrogen and oxygen atoms in total. The number of ether oxygens (including phenoxy) is 2. The average Bonchev–Trinajstić information content (AvgIpc) is 2.80. The number of hydrogen-bond acceptors (Lipinski definition) is 4. The Kier molecular flexibility index (Phi) is 7.91. The molecule has 0 aromatic rings. The first-order valence-corrected chi connectivity index (χ1v) is 7.60. The molecule has 3 atom stereocenters. The Hall–Kier alpha value is -0.160. The summed E-state index contributed by atoms with van der Waals surface area (Å²) in [7, 11) is 3.55. The van der Waals surface area contributed by atoms with Gasteiger partial charge in [0.05, 0.1) is 12.2 Å². The quantitative estimate of drug-likeness (QED) is 0.694. The van der Waals surface area contributed by atoms with Gasteiger partial charge >= 0.3 is 0 Å². The van der Waals surface area contributed by atoms with E-state index < -0.39 is 0 Å². The zero-order valence-corrected chi connectivity index (χ0v) is 13.1. The first-order chi connectivity index (χ1) is 9.12. The molecule has 1 aliphatic rings. The van der Waals surface area contributed by atoms with E-state index >= 15 is 0 Å². The lowest BCUT2D eigenvalue weighted by Gasteiger charge is -2.22. The van der Waals surface area contributed by atoms with Crippen LogP contribution < -0.4 is 5.73 Å². The highest BCUT2D eigenvalue weighted by molar-refractivity contribution is 4.85. The molecule has 0 radical (unpaired) electrons. The van der Waals surface area contributed by atoms with E-state index in [0.717, 1.165) is 44.4 Å². The molecule has 1 heterocycles. The number of methoxy groups -OCH3 is 2. The summed E-state index contributed by atoms with van der Waals surface area (Å²) in [5.74, 6) is 1.50. The van der Waals surface area contributed by atoms with Crippen molar-refractivity contribution in [2.24, 2.45) is 17.6 Å². The lowest BCUT2D eigenvalue weighted by molar-refractivity contribution is -0.00461. The minimum absolute atomic E-state index is 0.231. The summed E-state index contributed by atoms with van der Waals surface area (Å²) in [6, 6.07) is 0. The molecule has 0 spiro atoms. The maximum Gasteiger partial charge on any atom is 0.0971 e. The van der Waals surface area contributed by atoms with Crippen molar-refractivity contribution in [2.75, 3.05) is 40.4 Å². The predicted octanol–water partition coefficient (Wildman–Crippen LogP) is 1.73. The molecular formula is C15H32N2O2. The summed E-state index contributed by atoms with van der Waals surface area (Å²) in [4.78, 5) is 2.46. The SMILES string of the molecule is COC1CN(CCCC(CCN)C(C)C)CC1OC. The Morgan fingerprint density at radius 2 is 1.68 bits per heavy atom. The second-order valence-corrected chi connectivity index (χ2v) is 6.03. The van der Waals surface area contributed by atoms with Crippen LogP contribution in [0.2, 0.25) is 0 Å². The smallest absolute Gasteiger partial charge is 0.0971 e. The van der Waals surface area contributed by atoms with Gasteiger partial charge in [0.2, 0.25) is 0 Å². The van der Waals surface area contributed by atoms with E-state index in [2.05, 4.69) is 18.7 Å². The fourth-order valence-corrected chi connectivity index (χ4v) is 3.06. The first-order valence-electron chi connectivity index (χ1n) is 7.60. The summed E-state index contributed by atoms with van der Waals surface area (Å²) in [5, 5.41) is 0. The van der Waals surface area contributed by atoms with Crippen LogP contribution in [0.15, 0.2) is 0 Å². The van der Waals surface area contributed by atoms with E-state index in [1.54, 1.807) is 14.2 Å². The molecule has 1 fully saturated rings. The Bertz CT molecular complexity index is 224. The lowest BCUT2D eigenvalue weighted by Crippen LogP contribution is -2.27. The van der Waals surface area contributed by atoms with Crippen molar-refractivity contribution < 1.29 is 9.47 Å². The maximum absolute atomic E-state index is 5.69. The van der Waals surface area contributed by atoms with Crippen LogP contribution in [-0.4, -0.2) is 57.5 Å². The number of rotatable bonds is 9. The van der Waals surface area contributed by atoms with E-state index in [9.17, 15) is 0 Å². The van der Waals surface area contributed by atoms with Gasteiger partial charge in [-0.2, -0.15) is 0 Å². The largest absolute Gasteiger partial charge is 0.377 e. The molecule has 0 saturated carbocycles. The Labute approximate surface area is 118 Å². The molecule has 0 amide bonds. The summed E-state index contributed by atoms with van der Waals surface area (Å²) in [5.41, 5.74) is 5.69. The van der Waals surface area contributed by atoms with Gasteiger partial charge in [-0.1, -0.05) is 13.8 Å². The van der Waals surface area contributed by atoms with Gasteiger partial charge < -0.3 is 15.2 Å². The predicted molar refractivity (Wildman–Crippen MR) is 79.3 cm³/mol. The molecule has 0 aromatic carbocycles. The summed E-state index contributed by atoms with van der Waals surface area (Å²) >= 11 is 0. The molecule has 114 valence electrons. The topological polar surface area (TPSA) is 47.7 Å². The molecule has 0 aromatic heterocycles. The van der Waals surface area contributed by atoms with Gasteiger partial charge in [0.1, 0.15) is 0 Å². The minimum Gasteiger partial charge on any atom is -0.377 e. The second kappa shape index (κ2) is 8.90. The van der Waals surface area contributed by atoms with Crippen molar-refractivity contribution in [3.05, 3.63) is 0 Å². The van der Waals surface area contributed by atoms with Gasteiger partial charge in [0.15, 0.2) is 0 Å². The van der Waals surface area contributed by atoms with Gasteiger partial charge in [-0.25, -0.2) is 0 Å². The van der Waals surface area contributed by atoms with Crippen LogP contribution in [-0.2, 0) is 9.47 Å². The molecule has 3 unspecified atom stereocenters. The number of hydrogen-bond donors (Lipinski definition) is 1. The zero-order valence-electron chi connectivity index (χ0n) is 13.1. The van der Waals surface area contributed by atoms with Crippen molar-refractivity contribution in [2.45, 2.75) is 45.3 Å². The number of nitrogens with zero attached hydrogens (tertiary/aromatic N) is 1. The molecule has 0 bridgehead atoms. The van der Waals surface area contributed by atoms with E-state index in [-0.39, 0.29) is 12.2 Å². The molecule has 1 saturated heterocycles. The first kappa shape index (κ1) is 16.9. The van der Waals surface area contributed by atoms with Crippen molar-refractivity contribution in [1.29, 1.82) is 0 Å². The Balaban J connectivity index is 2.26. The standard InChI is InChI=1S/C15H32N2O2/c1-12(2)13(7-8-16)6-5-9-17-10-14(18-3)15(11-17)19-4/h12-15H,5-11,16H2,1-4H3. The van der Waals surface area contributed by atoms with E-state index in [4.69, 9.17) is 15.2 Å². The minimum atomic E-state index is 0.231. The molecule has 1 aliphatic heterocycles. The monoisotopic (exact) mass is 272 g/mol. The highest BCUT2D eigenvalue weighted by atomic mass is 16.5. The summed E-state index contributed by atoms with van der Waals surface area (Å²) in [6.07, 6.45) is 4.14. The normalized spacial score (nSPS) is 26.2. The van der Waals surface area contributed by atoms with E-state index in [1.807, 2.05) is 0 Å². The second-order valence-electron chi connectivity index (χ2n) is 6.03. The molecule has 19 heavy (non-hydrogen) atoms. The van der Waals surface area contributed by atoms with Gasteiger partial charge in [-0.3, -0.25) is 4.90 Å². The van der Waals surface area contributed by atoms with Crippen molar-refractivity contribution in [3.8, 4) is 0 Å². The summed E-state index contributed by atoms with van der Waals surface area (Å²) in [6.45, 7) is 8.56. The zero-order chi connectivity index (χ0) is 14.3. The van der Waals surface area contributed by atoms with Crippen LogP contribution in [0.4, 0.5) is 0 Å². The lowest BCUT2D eigenvalue weighted by atomic mass is 9.88. The third kappa shape index (κ3) is 5.38. The third-order valence-electron chi connectivity index (χ3n) is 4.43. The molecule has 1 rings (SSSR count). The van der Waals surface area contributed by atoms with E-state index in [1.165, 1.54) is 12.8 Å². The van der Waals surface area contributed by atoms with Crippen LogP contribution in [0, 0.1) is 11.8 Å². The molecule has 0 aliphatic carbocycles. The number of nitrogens with two attached hydrogens (primary N) is 1. The highest BCUT2D eigenvalue weighted by Crippen LogP contribution is 2.22. The van der Waals surface area contributed by atoms with Gasteiger partial charge in [0, 0.05) is 27.3 Å². The Morgan fingerprint density at radius 3 is 2.11 bits per heavy atom. The van der Waals surface area contributed by atoms with Crippen LogP contribution in [0.3, 0.4) is 0 Å². The summed E-state index contributed by atoms with van der Waals surface area (Å²) < 4.78 is 10.9. The fraction of sp³-hybridized carbons (Fsp3) is 1.00. The third-order valence-corrected chi connectivity index (χ3v) is 4.43. The van der Waals surface area contributed by atoms with Crippen LogP contribution in [0.5, 0.6) is 0 Å². The van der Waals surface area contributed by atoms with Crippen molar-refractivity contribution in [1.82, 2.24) is 4.90 Å². The fourth-order valence-electron chi connectivity index (χ4n) is 3.06. The Morgan fingerprint density at radius 1 is 1.11 bits per heavy atom. The van der Waals surface area contributed by atoms with E-state index in [0.29, 0.717) is 0 Å². The van der Waals surface area contributed by atoms with Crippen LogP contribution >= 0.6 is 0 Å². The van der Waals surface area contributed by atoms with Crippen molar-refractivity contribution >= 4 is 0 Å². The average molecular weight is 272 g/mol. The van der Waals surface area contributed by atoms with Crippen LogP contribution in [0.1, 0.15) is 33.1 Å². The highest BCUT2D eigenvalue weighted by Gasteiger charge is 2.32.